The highest BCUT2D eigenvalue weighted by Gasteiger charge is 2.31. The van der Waals surface area contributed by atoms with Crippen LogP contribution in [0, 0.1) is 0 Å². The Kier molecular flexibility index (Phi) is 2.77. The molecule has 2 aromatic heterocycles. The highest BCUT2D eigenvalue weighted by atomic mass is 16.4. The molecule has 0 saturated heterocycles. The maximum Gasteiger partial charge on any atom is 0.336 e. The smallest absolute Gasteiger partial charge is 0.336 e. The summed E-state index contributed by atoms with van der Waals surface area (Å²) in [7, 11) is 0. The number of nitrogens with zero attached hydrogens (tertiary/aromatic N) is 3. The van der Waals surface area contributed by atoms with E-state index in [2.05, 4.69) is 10.1 Å². The summed E-state index contributed by atoms with van der Waals surface area (Å²) in [6.07, 6.45) is 2.93. The summed E-state index contributed by atoms with van der Waals surface area (Å²) in [6, 6.07) is 1.69. The molecule has 5 heteroatoms. The van der Waals surface area contributed by atoms with Crippen molar-refractivity contribution in [2.24, 2.45) is 0 Å². The van der Waals surface area contributed by atoms with E-state index in [1.54, 1.807) is 6.07 Å². The molecule has 2 aromatic rings. The van der Waals surface area contributed by atoms with E-state index in [4.69, 9.17) is 0 Å². The van der Waals surface area contributed by atoms with E-state index in [-0.39, 0.29) is 0 Å². The van der Waals surface area contributed by atoms with Gasteiger partial charge in [-0.05, 0) is 32.3 Å². The third kappa shape index (κ3) is 1.89. The van der Waals surface area contributed by atoms with Crippen molar-refractivity contribution in [2.45, 2.75) is 45.6 Å². The maximum atomic E-state index is 11.5. The molecule has 5 nitrogen and oxygen atoms in total. The molecule has 1 saturated carbocycles. The highest BCUT2D eigenvalue weighted by Crippen LogP contribution is 2.43. The van der Waals surface area contributed by atoms with Gasteiger partial charge < -0.3 is 5.11 Å². The van der Waals surface area contributed by atoms with Crippen LogP contribution in [0.25, 0.3) is 11.0 Å². The van der Waals surface area contributed by atoms with Gasteiger partial charge in [-0.2, -0.15) is 5.10 Å². The van der Waals surface area contributed by atoms with Crippen molar-refractivity contribution in [3.63, 3.8) is 0 Å². The lowest BCUT2D eigenvalue weighted by molar-refractivity contribution is 0.0698. The number of pyridine rings is 1. The van der Waals surface area contributed by atoms with Crippen molar-refractivity contribution < 1.29 is 9.90 Å². The van der Waals surface area contributed by atoms with Crippen LogP contribution in [0.2, 0.25) is 0 Å². The van der Waals surface area contributed by atoms with Gasteiger partial charge in [0.1, 0.15) is 0 Å². The molecule has 0 atom stereocenters. The van der Waals surface area contributed by atoms with Gasteiger partial charge in [0.2, 0.25) is 0 Å². The summed E-state index contributed by atoms with van der Waals surface area (Å²) in [6.45, 7) is 4.69. The first kappa shape index (κ1) is 12.1. The van der Waals surface area contributed by atoms with E-state index in [0.717, 1.165) is 41.7 Å². The van der Waals surface area contributed by atoms with E-state index in [0.29, 0.717) is 18.0 Å². The average molecular weight is 259 g/mol. The third-order valence-corrected chi connectivity index (χ3v) is 3.64. The zero-order valence-electron chi connectivity index (χ0n) is 11.2. The summed E-state index contributed by atoms with van der Waals surface area (Å²) < 4.78 is 1.83. The summed E-state index contributed by atoms with van der Waals surface area (Å²) in [5, 5.41) is 14.8. The summed E-state index contributed by atoms with van der Waals surface area (Å²) >= 11 is 0. The molecule has 0 aromatic carbocycles. The predicted octanol–water partition coefficient (Wildman–Crippen LogP) is 2.59. The van der Waals surface area contributed by atoms with E-state index in [1.165, 1.54) is 0 Å². The zero-order valence-corrected chi connectivity index (χ0v) is 11.2. The molecule has 1 N–H and O–H groups in total. The Labute approximate surface area is 111 Å². The summed E-state index contributed by atoms with van der Waals surface area (Å²) in [4.78, 5) is 16.1. The number of hydrogen-bond acceptors (Lipinski definition) is 3. The van der Waals surface area contributed by atoms with Gasteiger partial charge in [-0.15, -0.1) is 0 Å². The van der Waals surface area contributed by atoms with Gasteiger partial charge in [0.15, 0.2) is 5.65 Å². The van der Waals surface area contributed by atoms with Crippen LogP contribution in [0.1, 0.15) is 54.4 Å². The fraction of sp³-hybridized carbons (Fsp3) is 0.500. The second-order valence-corrected chi connectivity index (χ2v) is 4.99. The van der Waals surface area contributed by atoms with E-state index >= 15 is 0 Å². The Morgan fingerprint density at radius 3 is 2.74 bits per heavy atom. The molecular formula is C14H17N3O2. The van der Waals surface area contributed by atoms with Crippen molar-refractivity contribution in [3.8, 4) is 0 Å². The molecule has 0 spiro atoms. The molecule has 0 aliphatic heterocycles. The number of aromatic nitrogens is 3. The fourth-order valence-electron chi connectivity index (χ4n) is 2.46. The molecule has 1 fully saturated rings. The number of aryl methyl sites for hydroxylation is 2. The first-order valence-corrected chi connectivity index (χ1v) is 6.79. The predicted molar refractivity (Wildman–Crippen MR) is 71.5 cm³/mol. The molecule has 1 aliphatic carbocycles. The second kappa shape index (κ2) is 4.33. The minimum absolute atomic E-state index is 0.350. The van der Waals surface area contributed by atoms with E-state index in [1.807, 2.05) is 18.5 Å². The molecule has 0 amide bonds. The Balaban J connectivity index is 2.36. The van der Waals surface area contributed by atoms with Crippen LogP contribution in [-0.2, 0) is 13.0 Å². The zero-order chi connectivity index (χ0) is 13.6. The van der Waals surface area contributed by atoms with Crippen molar-refractivity contribution in [3.05, 3.63) is 23.0 Å². The van der Waals surface area contributed by atoms with Crippen LogP contribution in [0.5, 0.6) is 0 Å². The molecule has 19 heavy (non-hydrogen) atoms. The quantitative estimate of drug-likeness (QED) is 0.916. The van der Waals surface area contributed by atoms with Crippen LogP contribution in [0.4, 0.5) is 0 Å². The standard InChI is InChI=1S/C14H17N3O2/c1-3-9-7-10(14(18)19)11-12(8-5-6-8)16-17(4-2)13(11)15-9/h7-8H,3-6H2,1-2H3,(H,18,19). The lowest BCUT2D eigenvalue weighted by Crippen LogP contribution is -2.03. The number of rotatable bonds is 4. The number of aromatic carboxylic acids is 1. The van der Waals surface area contributed by atoms with Crippen molar-refractivity contribution in [2.75, 3.05) is 0 Å². The Morgan fingerprint density at radius 2 is 2.21 bits per heavy atom. The SMILES string of the molecule is CCc1cc(C(=O)O)c2c(C3CC3)nn(CC)c2n1. The van der Waals surface area contributed by atoms with Crippen LogP contribution < -0.4 is 0 Å². The van der Waals surface area contributed by atoms with Gasteiger partial charge in [-0.1, -0.05) is 6.92 Å². The first-order chi connectivity index (χ1) is 9.15. The lowest BCUT2D eigenvalue weighted by atomic mass is 10.1. The molecular weight excluding hydrogens is 242 g/mol. The molecule has 0 radical (unpaired) electrons. The van der Waals surface area contributed by atoms with E-state index in [9.17, 15) is 9.90 Å². The van der Waals surface area contributed by atoms with Gasteiger partial charge in [-0.3, -0.25) is 0 Å². The minimum Gasteiger partial charge on any atom is -0.478 e. The number of carboxylic acids is 1. The number of hydrogen-bond donors (Lipinski definition) is 1. The third-order valence-electron chi connectivity index (χ3n) is 3.64. The molecule has 0 unspecified atom stereocenters. The molecule has 3 rings (SSSR count). The minimum atomic E-state index is -0.889. The molecule has 1 aliphatic rings. The Hall–Kier alpha value is -1.91. The average Bonchev–Trinajstić information content (AvgIpc) is 3.18. The van der Waals surface area contributed by atoms with Crippen LogP contribution in [-0.4, -0.2) is 25.8 Å². The maximum absolute atomic E-state index is 11.5. The largest absolute Gasteiger partial charge is 0.478 e. The number of carbonyl (C=O) groups is 1. The van der Waals surface area contributed by atoms with Gasteiger partial charge in [0.25, 0.3) is 0 Å². The van der Waals surface area contributed by atoms with Crippen molar-refractivity contribution in [1.82, 2.24) is 14.8 Å². The Morgan fingerprint density at radius 1 is 1.47 bits per heavy atom. The van der Waals surface area contributed by atoms with Gasteiger partial charge >= 0.3 is 5.97 Å². The lowest BCUT2D eigenvalue weighted by Gasteiger charge is -2.04. The van der Waals surface area contributed by atoms with Crippen LogP contribution in [0.15, 0.2) is 6.07 Å². The monoisotopic (exact) mass is 259 g/mol. The number of carboxylic acid groups (broad SMARTS) is 1. The Bertz CT molecular complexity index is 656. The second-order valence-electron chi connectivity index (χ2n) is 4.99. The molecule has 100 valence electrons. The van der Waals surface area contributed by atoms with Gasteiger partial charge in [0, 0.05) is 18.2 Å². The van der Waals surface area contributed by atoms with Crippen molar-refractivity contribution in [1.29, 1.82) is 0 Å². The normalized spacial score (nSPS) is 15.1. The fourth-order valence-corrected chi connectivity index (χ4v) is 2.46. The molecule has 0 bridgehead atoms. The first-order valence-electron chi connectivity index (χ1n) is 6.79. The highest BCUT2D eigenvalue weighted by molar-refractivity contribution is 6.03. The topological polar surface area (TPSA) is 68.0 Å². The van der Waals surface area contributed by atoms with E-state index < -0.39 is 5.97 Å². The van der Waals surface area contributed by atoms with Crippen LogP contribution >= 0.6 is 0 Å². The summed E-state index contributed by atoms with van der Waals surface area (Å²) in [5.41, 5.74) is 2.80. The number of fused-ring (bicyclic) bond motifs is 1. The van der Waals surface area contributed by atoms with Crippen molar-refractivity contribution >= 4 is 17.0 Å². The van der Waals surface area contributed by atoms with Gasteiger partial charge in [0.05, 0.1) is 16.6 Å². The van der Waals surface area contributed by atoms with Gasteiger partial charge in [-0.25, -0.2) is 14.5 Å². The molecule has 2 heterocycles. The van der Waals surface area contributed by atoms with Crippen LogP contribution in [0.3, 0.4) is 0 Å². The summed E-state index contributed by atoms with van der Waals surface area (Å²) in [5.74, 6) is -0.470.